The predicted octanol–water partition coefficient (Wildman–Crippen LogP) is 15.2. The van der Waals surface area contributed by atoms with Gasteiger partial charge in [0.25, 0.3) is 0 Å². The summed E-state index contributed by atoms with van der Waals surface area (Å²) in [6.07, 6.45) is 62.5. The Morgan fingerprint density at radius 1 is 0.525 bits per heavy atom. The van der Waals surface area contributed by atoms with Gasteiger partial charge in [0.2, 0.25) is 5.91 Å². The van der Waals surface area contributed by atoms with Crippen molar-refractivity contribution < 1.29 is 24.5 Å². The van der Waals surface area contributed by atoms with E-state index in [9.17, 15) is 19.8 Å². The van der Waals surface area contributed by atoms with Gasteiger partial charge in [-0.15, -0.1) is 0 Å². The highest BCUT2D eigenvalue weighted by molar-refractivity contribution is 5.78. The van der Waals surface area contributed by atoms with Crippen molar-refractivity contribution in [2.75, 3.05) is 6.61 Å². The Labute approximate surface area is 376 Å². The van der Waals surface area contributed by atoms with E-state index in [4.69, 9.17) is 4.74 Å². The first kappa shape index (κ1) is 58.0. The molecule has 0 spiro atoms. The van der Waals surface area contributed by atoms with Crippen molar-refractivity contribution in [3.63, 3.8) is 0 Å². The highest BCUT2D eigenvalue weighted by atomic mass is 16.5. The minimum atomic E-state index is -0.824. The van der Waals surface area contributed by atoms with Crippen LogP contribution in [0.1, 0.15) is 226 Å². The van der Waals surface area contributed by atoms with Gasteiger partial charge < -0.3 is 20.3 Å². The molecule has 0 rings (SSSR count). The van der Waals surface area contributed by atoms with Crippen LogP contribution in [0.25, 0.3) is 0 Å². The van der Waals surface area contributed by atoms with Crippen LogP contribution in [0, 0.1) is 0 Å². The van der Waals surface area contributed by atoms with Gasteiger partial charge in [-0.2, -0.15) is 0 Å². The standard InChI is InChI=1S/C55H95NO5/c1-4-7-10-13-16-19-22-24-26-27-28-29-31-33-36-39-42-45-48-55(60)61-51(46-43-40-37-34-32-30-25-23-20-17-14-11-8-5-2)49-54(59)56-52(50-57)53(58)47-44-41-38-35-21-18-15-12-9-6-3/h8,11,17,20,25-30,34,37,43,46,51-53,57-58H,4-7,9-10,12-16,18-19,21-24,31-33,35-36,38-42,44-45,47-50H2,1-3H3,(H,56,59)/b11-8+,20-17+,27-26+,29-28+,30-25+,37-34+,46-43+. The summed E-state index contributed by atoms with van der Waals surface area (Å²) < 4.78 is 5.81. The van der Waals surface area contributed by atoms with Gasteiger partial charge >= 0.3 is 5.97 Å². The van der Waals surface area contributed by atoms with E-state index < -0.39 is 18.2 Å². The lowest BCUT2D eigenvalue weighted by molar-refractivity contribution is -0.148. The minimum Gasteiger partial charge on any atom is -0.458 e. The molecule has 0 bridgehead atoms. The van der Waals surface area contributed by atoms with Crippen LogP contribution in [0.15, 0.2) is 85.1 Å². The number of nitrogens with one attached hydrogen (secondary N) is 1. The largest absolute Gasteiger partial charge is 0.458 e. The van der Waals surface area contributed by atoms with Crippen LogP contribution >= 0.6 is 0 Å². The maximum atomic E-state index is 13.1. The van der Waals surface area contributed by atoms with Crippen LogP contribution in [0.2, 0.25) is 0 Å². The number of aliphatic hydroxyl groups is 2. The van der Waals surface area contributed by atoms with Crippen molar-refractivity contribution in [1.82, 2.24) is 5.32 Å². The molecular formula is C55H95NO5. The highest BCUT2D eigenvalue weighted by Gasteiger charge is 2.23. The van der Waals surface area contributed by atoms with E-state index >= 15 is 0 Å². The van der Waals surface area contributed by atoms with Crippen molar-refractivity contribution in [3.05, 3.63) is 85.1 Å². The first-order valence-corrected chi connectivity index (χ1v) is 25.3. The van der Waals surface area contributed by atoms with E-state index in [0.717, 1.165) is 83.5 Å². The van der Waals surface area contributed by atoms with Crippen LogP contribution < -0.4 is 5.32 Å². The molecule has 0 aliphatic heterocycles. The van der Waals surface area contributed by atoms with Gasteiger partial charge in [-0.25, -0.2) is 0 Å². The average Bonchev–Trinajstić information content (AvgIpc) is 3.25. The molecular weight excluding hydrogens is 755 g/mol. The van der Waals surface area contributed by atoms with Gasteiger partial charge in [0, 0.05) is 6.42 Å². The number of unbranched alkanes of at least 4 members (excludes halogenated alkanes) is 21. The molecule has 3 unspecified atom stereocenters. The third-order valence-corrected chi connectivity index (χ3v) is 11.0. The number of carbonyl (C=O) groups excluding carboxylic acids is 2. The third kappa shape index (κ3) is 43.5. The smallest absolute Gasteiger partial charge is 0.306 e. The number of ether oxygens (including phenoxy) is 1. The van der Waals surface area contributed by atoms with Crippen molar-refractivity contribution in [2.45, 2.75) is 244 Å². The SMILES string of the molecule is CC/C=C/C/C=C/C/C=C/C/C=C/C/C=C/C(CC(=O)NC(CO)C(O)CCCCCCCCCCCC)OC(=O)CCCCCCC/C=C/C=C/CCCCCCCCC. The fraction of sp³-hybridized carbons (Fsp3) is 0.709. The monoisotopic (exact) mass is 850 g/mol. The van der Waals surface area contributed by atoms with Crippen molar-refractivity contribution in [3.8, 4) is 0 Å². The van der Waals surface area contributed by atoms with Crippen LogP contribution in [0.3, 0.4) is 0 Å². The van der Waals surface area contributed by atoms with E-state index in [1.165, 1.54) is 96.3 Å². The van der Waals surface area contributed by atoms with E-state index in [-0.39, 0.29) is 24.9 Å². The fourth-order valence-corrected chi connectivity index (χ4v) is 7.15. The summed E-state index contributed by atoms with van der Waals surface area (Å²) in [6, 6.07) is -0.748. The molecule has 0 aromatic rings. The summed E-state index contributed by atoms with van der Waals surface area (Å²) in [5.41, 5.74) is 0. The van der Waals surface area contributed by atoms with Crippen LogP contribution in [-0.2, 0) is 14.3 Å². The second-order valence-electron chi connectivity index (χ2n) is 16.9. The second-order valence-corrected chi connectivity index (χ2v) is 16.9. The molecule has 0 fully saturated rings. The molecule has 6 nitrogen and oxygen atoms in total. The van der Waals surface area contributed by atoms with Gasteiger partial charge in [0.15, 0.2) is 0 Å². The zero-order valence-electron chi connectivity index (χ0n) is 39.8. The molecule has 1 amide bonds. The molecule has 0 aliphatic rings. The summed E-state index contributed by atoms with van der Waals surface area (Å²) in [4.78, 5) is 26.0. The van der Waals surface area contributed by atoms with Crippen LogP contribution in [0.4, 0.5) is 0 Å². The quantitative estimate of drug-likeness (QED) is 0.0246. The topological polar surface area (TPSA) is 95.9 Å². The Balaban J connectivity index is 4.75. The first-order valence-electron chi connectivity index (χ1n) is 25.3. The third-order valence-electron chi connectivity index (χ3n) is 11.0. The number of carbonyl (C=O) groups is 2. The van der Waals surface area contributed by atoms with Crippen molar-refractivity contribution in [2.24, 2.45) is 0 Å². The molecule has 350 valence electrons. The van der Waals surface area contributed by atoms with Gasteiger partial charge in [0.1, 0.15) is 6.10 Å². The Kier molecular flexibility index (Phi) is 45.7. The molecule has 0 saturated carbocycles. The first-order chi connectivity index (χ1) is 30.0. The van der Waals surface area contributed by atoms with Gasteiger partial charge in [-0.05, 0) is 76.7 Å². The summed E-state index contributed by atoms with van der Waals surface area (Å²) in [6.45, 7) is 6.30. The molecule has 0 heterocycles. The molecule has 61 heavy (non-hydrogen) atoms. The molecule has 0 saturated heterocycles. The van der Waals surface area contributed by atoms with E-state index in [1.54, 1.807) is 6.08 Å². The average molecular weight is 850 g/mol. The molecule has 0 radical (unpaired) electrons. The van der Waals surface area contributed by atoms with Crippen LogP contribution in [0.5, 0.6) is 0 Å². The zero-order valence-corrected chi connectivity index (χ0v) is 39.8. The highest BCUT2D eigenvalue weighted by Crippen LogP contribution is 2.15. The van der Waals surface area contributed by atoms with E-state index in [2.05, 4.69) is 99.0 Å². The molecule has 6 heteroatoms. The zero-order chi connectivity index (χ0) is 44.5. The molecule has 0 aliphatic carbocycles. The summed E-state index contributed by atoms with van der Waals surface area (Å²) in [5, 5.41) is 23.6. The van der Waals surface area contributed by atoms with Gasteiger partial charge in [-0.3, -0.25) is 9.59 Å². The Bertz CT molecular complexity index is 1180. The Morgan fingerprint density at radius 3 is 1.43 bits per heavy atom. The normalized spacial score (nSPS) is 14.0. The number of allylic oxidation sites excluding steroid dienone is 13. The molecule has 0 aromatic heterocycles. The maximum Gasteiger partial charge on any atom is 0.306 e. The minimum absolute atomic E-state index is 0.0558. The number of esters is 1. The lowest BCUT2D eigenvalue weighted by Gasteiger charge is -2.23. The fourth-order valence-electron chi connectivity index (χ4n) is 7.15. The predicted molar refractivity (Wildman–Crippen MR) is 264 cm³/mol. The second kappa shape index (κ2) is 48.1. The van der Waals surface area contributed by atoms with Gasteiger partial charge in [0.05, 0.1) is 25.2 Å². The summed E-state index contributed by atoms with van der Waals surface area (Å²) >= 11 is 0. The Hall–Kier alpha value is -2.96. The van der Waals surface area contributed by atoms with Crippen molar-refractivity contribution >= 4 is 11.9 Å². The lowest BCUT2D eigenvalue weighted by atomic mass is 10.0. The Morgan fingerprint density at radius 2 is 0.951 bits per heavy atom. The summed E-state index contributed by atoms with van der Waals surface area (Å²) in [5.74, 6) is -0.651. The number of hydrogen-bond donors (Lipinski definition) is 3. The van der Waals surface area contributed by atoms with Crippen LogP contribution in [-0.4, -0.2) is 46.9 Å². The maximum absolute atomic E-state index is 13.1. The van der Waals surface area contributed by atoms with Crippen molar-refractivity contribution in [1.29, 1.82) is 0 Å². The number of hydrogen-bond acceptors (Lipinski definition) is 5. The number of rotatable bonds is 44. The molecule has 3 atom stereocenters. The summed E-state index contributed by atoms with van der Waals surface area (Å²) in [7, 11) is 0. The number of amides is 1. The lowest BCUT2D eigenvalue weighted by Crippen LogP contribution is -2.46. The van der Waals surface area contributed by atoms with Gasteiger partial charge in [-0.1, -0.05) is 222 Å². The van der Waals surface area contributed by atoms with E-state index in [0.29, 0.717) is 19.3 Å². The number of aliphatic hydroxyl groups excluding tert-OH is 2. The molecule has 3 N–H and O–H groups in total. The molecule has 0 aromatic carbocycles. The van der Waals surface area contributed by atoms with E-state index in [1.807, 2.05) is 6.08 Å².